The lowest BCUT2D eigenvalue weighted by molar-refractivity contribution is 0.102. The van der Waals surface area contributed by atoms with E-state index < -0.39 is 0 Å². The minimum absolute atomic E-state index is 0.0585. The number of anilines is 1. The monoisotopic (exact) mass is 272 g/mol. The van der Waals surface area contributed by atoms with Crippen LogP contribution in [0.5, 0.6) is 11.5 Å². The molecule has 2 rings (SSSR count). The third-order valence-corrected chi connectivity index (χ3v) is 2.61. The van der Waals surface area contributed by atoms with Crippen molar-refractivity contribution in [1.29, 1.82) is 0 Å². The first-order valence-corrected chi connectivity index (χ1v) is 6.22. The molecule has 2 aromatic carbocycles. The fourth-order valence-electron chi connectivity index (χ4n) is 1.66. The Morgan fingerprint density at radius 3 is 2.60 bits per heavy atom. The summed E-state index contributed by atoms with van der Waals surface area (Å²) in [6, 6.07) is 13.2. The van der Waals surface area contributed by atoms with Gasteiger partial charge >= 0.3 is 0 Å². The maximum absolute atomic E-state index is 12.0. The number of phenols is 1. The van der Waals surface area contributed by atoms with E-state index in [9.17, 15) is 9.90 Å². The van der Waals surface area contributed by atoms with Gasteiger partial charge < -0.3 is 20.9 Å². The predicted molar refractivity (Wildman–Crippen MR) is 77.1 cm³/mol. The van der Waals surface area contributed by atoms with Crippen molar-refractivity contribution in [2.75, 3.05) is 18.5 Å². The number of nitrogens with one attached hydrogen (secondary N) is 1. The van der Waals surface area contributed by atoms with Crippen LogP contribution in [0.25, 0.3) is 0 Å². The number of nitrogens with two attached hydrogens (primary N) is 1. The van der Waals surface area contributed by atoms with Gasteiger partial charge in [0.1, 0.15) is 18.1 Å². The summed E-state index contributed by atoms with van der Waals surface area (Å²) in [4.78, 5) is 12.0. The Kier molecular flexibility index (Phi) is 4.57. The molecule has 0 aliphatic rings. The molecule has 0 aliphatic heterocycles. The molecule has 0 saturated carbocycles. The average Bonchev–Trinajstić information content (AvgIpc) is 2.46. The second kappa shape index (κ2) is 6.58. The van der Waals surface area contributed by atoms with Gasteiger partial charge in [-0.25, -0.2) is 0 Å². The zero-order valence-electron chi connectivity index (χ0n) is 10.9. The Balaban J connectivity index is 2.01. The number of carbonyl (C=O) groups excluding carboxylic acids is 1. The van der Waals surface area contributed by atoms with Gasteiger partial charge in [0, 0.05) is 17.8 Å². The highest BCUT2D eigenvalue weighted by molar-refractivity contribution is 6.04. The third-order valence-electron chi connectivity index (χ3n) is 2.61. The molecule has 0 saturated heterocycles. The Labute approximate surface area is 117 Å². The molecular formula is C15H16N2O3. The van der Waals surface area contributed by atoms with Gasteiger partial charge in [-0.1, -0.05) is 6.07 Å². The largest absolute Gasteiger partial charge is 0.508 e. The van der Waals surface area contributed by atoms with Gasteiger partial charge in [-0.05, 0) is 42.5 Å². The van der Waals surface area contributed by atoms with E-state index in [1.165, 1.54) is 12.1 Å². The van der Waals surface area contributed by atoms with E-state index in [0.717, 1.165) is 0 Å². The first-order chi connectivity index (χ1) is 9.69. The quantitative estimate of drug-likeness (QED) is 0.777. The topological polar surface area (TPSA) is 84.6 Å². The number of ether oxygens (including phenoxy) is 1. The predicted octanol–water partition coefficient (Wildman–Crippen LogP) is 1.98. The number of rotatable bonds is 5. The molecule has 5 nitrogen and oxygen atoms in total. The van der Waals surface area contributed by atoms with Crippen LogP contribution in [0, 0.1) is 0 Å². The van der Waals surface area contributed by atoms with E-state index in [2.05, 4.69) is 5.32 Å². The number of hydrogen-bond acceptors (Lipinski definition) is 4. The molecule has 0 aromatic heterocycles. The fourth-order valence-corrected chi connectivity index (χ4v) is 1.66. The summed E-state index contributed by atoms with van der Waals surface area (Å²) in [6.45, 7) is 0.908. The van der Waals surface area contributed by atoms with Gasteiger partial charge in [0.05, 0.1) is 0 Å². The van der Waals surface area contributed by atoms with Crippen molar-refractivity contribution in [3.63, 3.8) is 0 Å². The van der Waals surface area contributed by atoms with Crippen molar-refractivity contribution in [1.82, 2.24) is 0 Å². The average molecular weight is 272 g/mol. The van der Waals surface area contributed by atoms with E-state index >= 15 is 0 Å². The van der Waals surface area contributed by atoms with E-state index in [0.29, 0.717) is 30.2 Å². The van der Waals surface area contributed by atoms with Crippen LogP contribution in [0.15, 0.2) is 48.5 Å². The number of carbonyl (C=O) groups is 1. The lowest BCUT2D eigenvalue weighted by Gasteiger charge is -2.08. The Morgan fingerprint density at radius 2 is 1.95 bits per heavy atom. The number of amides is 1. The van der Waals surface area contributed by atoms with E-state index in [4.69, 9.17) is 10.5 Å². The lowest BCUT2D eigenvalue weighted by atomic mass is 10.2. The molecule has 0 heterocycles. The van der Waals surface area contributed by atoms with Gasteiger partial charge in [-0.15, -0.1) is 0 Å². The zero-order chi connectivity index (χ0) is 14.4. The van der Waals surface area contributed by atoms with E-state index in [-0.39, 0.29) is 11.7 Å². The van der Waals surface area contributed by atoms with E-state index in [1.807, 2.05) is 0 Å². The standard InChI is InChI=1S/C15H16N2O3/c16-8-9-20-14-6-4-12(5-7-14)17-15(19)11-2-1-3-13(18)10-11/h1-7,10,18H,8-9,16H2,(H,17,19). The molecule has 4 N–H and O–H groups in total. The minimum atomic E-state index is -0.281. The van der Waals surface area contributed by atoms with Crippen molar-refractivity contribution in [2.45, 2.75) is 0 Å². The van der Waals surface area contributed by atoms with Crippen molar-refractivity contribution in [2.24, 2.45) is 5.73 Å². The molecule has 0 aliphatic carbocycles. The normalized spacial score (nSPS) is 10.1. The minimum Gasteiger partial charge on any atom is -0.508 e. The van der Waals surface area contributed by atoms with Crippen molar-refractivity contribution in [3.8, 4) is 11.5 Å². The summed E-state index contributed by atoms with van der Waals surface area (Å²) in [7, 11) is 0. The lowest BCUT2D eigenvalue weighted by Crippen LogP contribution is -2.12. The van der Waals surface area contributed by atoms with Gasteiger partial charge in [0.2, 0.25) is 0 Å². The number of hydrogen-bond donors (Lipinski definition) is 3. The van der Waals surface area contributed by atoms with Crippen LogP contribution >= 0.6 is 0 Å². The van der Waals surface area contributed by atoms with Gasteiger partial charge in [0.15, 0.2) is 0 Å². The number of aromatic hydroxyl groups is 1. The van der Waals surface area contributed by atoms with E-state index in [1.54, 1.807) is 36.4 Å². The molecule has 0 fully saturated rings. The summed E-state index contributed by atoms with van der Waals surface area (Å²) in [5.74, 6) is 0.477. The first kappa shape index (κ1) is 13.9. The van der Waals surface area contributed by atoms with Crippen molar-refractivity contribution >= 4 is 11.6 Å². The molecule has 20 heavy (non-hydrogen) atoms. The second-order valence-electron chi connectivity index (χ2n) is 4.17. The SMILES string of the molecule is NCCOc1ccc(NC(=O)c2cccc(O)c2)cc1. The molecule has 1 amide bonds. The van der Waals surface area contributed by atoms with Crippen LogP contribution in [-0.2, 0) is 0 Å². The van der Waals surface area contributed by atoms with Crippen LogP contribution in [0.1, 0.15) is 10.4 Å². The number of phenolic OH excluding ortho intramolecular Hbond substituents is 1. The number of benzene rings is 2. The molecule has 104 valence electrons. The summed E-state index contributed by atoms with van der Waals surface area (Å²) in [5.41, 5.74) is 6.39. The molecule has 0 unspecified atom stereocenters. The van der Waals surface area contributed by atoms with Crippen molar-refractivity contribution in [3.05, 3.63) is 54.1 Å². The second-order valence-corrected chi connectivity index (χ2v) is 4.17. The molecule has 0 bridgehead atoms. The van der Waals surface area contributed by atoms with Gasteiger partial charge in [-0.2, -0.15) is 0 Å². The highest BCUT2D eigenvalue weighted by Gasteiger charge is 2.06. The van der Waals surface area contributed by atoms with Crippen LogP contribution < -0.4 is 15.8 Å². The van der Waals surface area contributed by atoms with Crippen LogP contribution in [0.3, 0.4) is 0 Å². The molecule has 2 aromatic rings. The molecule has 5 heteroatoms. The Bertz CT molecular complexity index is 582. The first-order valence-electron chi connectivity index (χ1n) is 6.22. The highest BCUT2D eigenvalue weighted by Crippen LogP contribution is 2.17. The highest BCUT2D eigenvalue weighted by atomic mass is 16.5. The Hall–Kier alpha value is -2.53. The van der Waals surface area contributed by atoms with Gasteiger partial charge in [-0.3, -0.25) is 4.79 Å². The maximum Gasteiger partial charge on any atom is 0.255 e. The van der Waals surface area contributed by atoms with Crippen LogP contribution in [0.2, 0.25) is 0 Å². The van der Waals surface area contributed by atoms with Crippen LogP contribution in [-0.4, -0.2) is 24.2 Å². The smallest absolute Gasteiger partial charge is 0.255 e. The summed E-state index contributed by atoms with van der Waals surface area (Å²) >= 11 is 0. The summed E-state index contributed by atoms with van der Waals surface area (Å²) in [5, 5.41) is 12.1. The fraction of sp³-hybridized carbons (Fsp3) is 0.133. The Morgan fingerprint density at radius 1 is 1.20 bits per heavy atom. The summed E-state index contributed by atoms with van der Waals surface area (Å²) in [6.07, 6.45) is 0. The maximum atomic E-state index is 12.0. The van der Waals surface area contributed by atoms with Crippen molar-refractivity contribution < 1.29 is 14.6 Å². The molecular weight excluding hydrogens is 256 g/mol. The molecule has 0 spiro atoms. The molecule has 0 radical (unpaired) electrons. The molecule has 0 atom stereocenters. The third kappa shape index (κ3) is 3.73. The van der Waals surface area contributed by atoms with Gasteiger partial charge in [0.25, 0.3) is 5.91 Å². The van der Waals surface area contributed by atoms with Crippen LogP contribution in [0.4, 0.5) is 5.69 Å². The summed E-state index contributed by atoms with van der Waals surface area (Å²) < 4.78 is 5.34. The zero-order valence-corrected chi connectivity index (χ0v) is 10.9.